The molecular weight excluding hydrogens is 252 g/mol. The van der Waals surface area contributed by atoms with Gasteiger partial charge >= 0.3 is 0 Å². The van der Waals surface area contributed by atoms with Crippen LogP contribution in [0.1, 0.15) is 40.9 Å². The van der Waals surface area contributed by atoms with E-state index < -0.39 is 0 Å². The Bertz CT molecular complexity index is 436. The third-order valence-electron chi connectivity index (χ3n) is 2.81. The Morgan fingerprint density at radius 2 is 2.18 bits per heavy atom. The molecule has 1 heterocycles. The van der Waals surface area contributed by atoms with Crippen molar-refractivity contribution in [1.29, 1.82) is 0 Å². The first-order chi connectivity index (χ1) is 8.06. The van der Waals surface area contributed by atoms with Gasteiger partial charge in [0.25, 0.3) is 5.91 Å². The summed E-state index contributed by atoms with van der Waals surface area (Å²) in [4.78, 5) is 14.3. The molecule has 2 N–H and O–H groups in total. The second-order valence-electron chi connectivity index (χ2n) is 4.45. The predicted octanol–water partition coefficient (Wildman–Crippen LogP) is 3.02. The van der Waals surface area contributed by atoms with Crippen LogP contribution >= 0.6 is 23.1 Å². The monoisotopic (exact) mass is 270 g/mol. The Labute approximate surface area is 110 Å². The Morgan fingerprint density at radius 3 is 2.65 bits per heavy atom. The van der Waals surface area contributed by atoms with Crippen molar-refractivity contribution in [3.8, 4) is 0 Å². The maximum Gasteiger partial charge on any atom is 0.265 e. The first-order valence-corrected chi connectivity index (χ1v) is 7.63. The van der Waals surface area contributed by atoms with Crippen molar-refractivity contribution < 1.29 is 4.79 Å². The van der Waals surface area contributed by atoms with Gasteiger partial charge in [-0.2, -0.15) is 0 Å². The smallest absolute Gasteiger partial charge is 0.265 e. The highest BCUT2D eigenvalue weighted by Gasteiger charge is 2.33. The first kappa shape index (κ1) is 12.8. The number of amides is 1. The van der Waals surface area contributed by atoms with E-state index in [-0.39, 0.29) is 5.91 Å². The summed E-state index contributed by atoms with van der Waals surface area (Å²) in [6.45, 7) is 2.13. The summed E-state index contributed by atoms with van der Waals surface area (Å²) >= 11 is 3.36. The fourth-order valence-corrected chi connectivity index (χ4v) is 4.39. The van der Waals surface area contributed by atoms with Crippen molar-refractivity contribution in [1.82, 2.24) is 4.90 Å². The molecule has 1 aromatic rings. The Kier molecular flexibility index (Phi) is 3.68. The van der Waals surface area contributed by atoms with E-state index in [1.807, 2.05) is 0 Å². The molecule has 1 amide bonds. The van der Waals surface area contributed by atoms with E-state index in [2.05, 4.69) is 6.92 Å². The fourth-order valence-electron chi connectivity index (χ4n) is 1.79. The molecule has 0 saturated heterocycles. The molecule has 1 saturated carbocycles. The summed E-state index contributed by atoms with van der Waals surface area (Å²) in [5.41, 5.74) is 8.14. The summed E-state index contributed by atoms with van der Waals surface area (Å²) < 4.78 is 1.25. The molecule has 3 nitrogen and oxygen atoms in total. The Balaban J connectivity index is 2.40. The molecule has 0 aliphatic heterocycles. The van der Waals surface area contributed by atoms with Crippen molar-refractivity contribution in [3.05, 3.63) is 10.4 Å². The summed E-state index contributed by atoms with van der Waals surface area (Å²) in [6, 6.07) is 0. The topological polar surface area (TPSA) is 46.3 Å². The number of carbonyl (C=O) groups excluding carboxylic acids is 1. The maximum absolute atomic E-state index is 12.0. The number of nitrogen functional groups attached to an aromatic ring is 1. The minimum absolute atomic E-state index is 0.0253. The van der Waals surface area contributed by atoms with Crippen LogP contribution in [0.5, 0.6) is 0 Å². The molecule has 0 spiro atoms. The van der Waals surface area contributed by atoms with Crippen LogP contribution in [0.3, 0.4) is 0 Å². The molecule has 1 aliphatic carbocycles. The van der Waals surface area contributed by atoms with Gasteiger partial charge < -0.3 is 10.6 Å². The number of nitrogens with two attached hydrogens (primary N) is 1. The van der Waals surface area contributed by atoms with Crippen molar-refractivity contribution >= 4 is 34.7 Å². The SMILES string of the molecule is CCSc1sc(C(=O)N(C)C)c(N)c1C1CC1. The van der Waals surface area contributed by atoms with Crippen LogP contribution in [-0.4, -0.2) is 30.7 Å². The number of anilines is 1. The lowest BCUT2D eigenvalue weighted by Crippen LogP contribution is -2.21. The third kappa shape index (κ3) is 2.45. The molecule has 1 fully saturated rings. The number of hydrogen-bond acceptors (Lipinski definition) is 4. The summed E-state index contributed by atoms with van der Waals surface area (Å²) in [5.74, 6) is 1.65. The van der Waals surface area contributed by atoms with Gasteiger partial charge in [-0.05, 0) is 24.5 Å². The van der Waals surface area contributed by atoms with Crippen LogP contribution in [0.25, 0.3) is 0 Å². The summed E-state index contributed by atoms with van der Waals surface area (Å²) in [6.07, 6.45) is 2.43. The fraction of sp³-hybridized carbons (Fsp3) is 0.583. The lowest BCUT2D eigenvalue weighted by Gasteiger charge is -2.09. The van der Waals surface area contributed by atoms with Crippen molar-refractivity contribution in [3.63, 3.8) is 0 Å². The molecule has 17 heavy (non-hydrogen) atoms. The molecule has 2 rings (SSSR count). The lowest BCUT2D eigenvalue weighted by atomic mass is 10.1. The van der Waals surface area contributed by atoms with Crippen LogP contribution in [0.4, 0.5) is 5.69 Å². The van der Waals surface area contributed by atoms with Gasteiger partial charge in [-0.1, -0.05) is 6.92 Å². The van der Waals surface area contributed by atoms with E-state index >= 15 is 0 Å². The number of thioether (sulfide) groups is 1. The zero-order chi connectivity index (χ0) is 12.6. The molecule has 1 aromatic heterocycles. The van der Waals surface area contributed by atoms with Gasteiger partial charge in [0.05, 0.1) is 9.90 Å². The molecule has 0 radical (unpaired) electrons. The zero-order valence-electron chi connectivity index (χ0n) is 10.4. The van der Waals surface area contributed by atoms with Crippen molar-refractivity contribution in [2.75, 3.05) is 25.6 Å². The van der Waals surface area contributed by atoms with E-state index in [1.165, 1.54) is 22.6 Å². The van der Waals surface area contributed by atoms with E-state index in [4.69, 9.17) is 5.73 Å². The highest BCUT2D eigenvalue weighted by molar-refractivity contribution is 8.01. The lowest BCUT2D eigenvalue weighted by molar-refractivity contribution is 0.0833. The van der Waals surface area contributed by atoms with Gasteiger partial charge in [0, 0.05) is 19.7 Å². The molecule has 0 bridgehead atoms. The summed E-state index contributed by atoms with van der Waals surface area (Å²) in [5, 5.41) is 0. The second-order valence-corrected chi connectivity index (χ2v) is 7.01. The van der Waals surface area contributed by atoms with E-state index in [0.717, 1.165) is 11.4 Å². The van der Waals surface area contributed by atoms with Gasteiger partial charge in [-0.3, -0.25) is 4.79 Å². The van der Waals surface area contributed by atoms with Gasteiger partial charge in [-0.15, -0.1) is 23.1 Å². The number of thiophene rings is 1. The average molecular weight is 270 g/mol. The van der Waals surface area contributed by atoms with Gasteiger partial charge in [-0.25, -0.2) is 0 Å². The van der Waals surface area contributed by atoms with E-state index in [9.17, 15) is 4.79 Å². The van der Waals surface area contributed by atoms with Crippen molar-refractivity contribution in [2.24, 2.45) is 0 Å². The predicted molar refractivity (Wildman–Crippen MR) is 75.1 cm³/mol. The Hall–Kier alpha value is -0.680. The number of hydrogen-bond donors (Lipinski definition) is 1. The third-order valence-corrected chi connectivity index (χ3v) is 5.19. The minimum atomic E-state index is 0.0253. The molecule has 1 aliphatic rings. The molecule has 5 heteroatoms. The first-order valence-electron chi connectivity index (χ1n) is 5.82. The minimum Gasteiger partial charge on any atom is -0.397 e. The van der Waals surface area contributed by atoms with Gasteiger partial charge in [0.15, 0.2) is 0 Å². The maximum atomic E-state index is 12.0. The largest absolute Gasteiger partial charge is 0.397 e. The van der Waals surface area contributed by atoms with E-state index in [1.54, 1.807) is 42.1 Å². The zero-order valence-corrected chi connectivity index (χ0v) is 12.1. The molecule has 0 unspecified atom stereocenters. The second kappa shape index (κ2) is 4.90. The number of rotatable bonds is 4. The van der Waals surface area contributed by atoms with Crippen LogP contribution in [-0.2, 0) is 0 Å². The molecule has 0 atom stereocenters. The van der Waals surface area contributed by atoms with Crippen LogP contribution < -0.4 is 5.73 Å². The normalized spacial score (nSPS) is 15.0. The molecule has 94 valence electrons. The van der Waals surface area contributed by atoms with Gasteiger partial charge in [0.2, 0.25) is 0 Å². The van der Waals surface area contributed by atoms with Crippen LogP contribution in [0.15, 0.2) is 4.21 Å². The number of carbonyl (C=O) groups is 1. The highest BCUT2D eigenvalue weighted by Crippen LogP contribution is 2.51. The molecule has 0 aromatic carbocycles. The molecular formula is C12H18N2OS2. The van der Waals surface area contributed by atoms with Crippen LogP contribution in [0, 0.1) is 0 Å². The quantitative estimate of drug-likeness (QED) is 0.855. The average Bonchev–Trinajstić information content (AvgIpc) is 3.04. The van der Waals surface area contributed by atoms with Crippen LogP contribution in [0.2, 0.25) is 0 Å². The standard InChI is InChI=1S/C12H18N2OS2/c1-4-16-12-8(7-5-6-7)9(13)10(17-12)11(15)14(2)3/h7H,4-6,13H2,1-3H3. The van der Waals surface area contributed by atoms with E-state index in [0.29, 0.717) is 10.8 Å². The van der Waals surface area contributed by atoms with Gasteiger partial charge in [0.1, 0.15) is 4.88 Å². The number of nitrogens with zero attached hydrogens (tertiary/aromatic N) is 1. The Morgan fingerprint density at radius 1 is 1.53 bits per heavy atom. The van der Waals surface area contributed by atoms with Crippen molar-refractivity contribution in [2.45, 2.75) is 29.9 Å². The summed E-state index contributed by atoms with van der Waals surface area (Å²) in [7, 11) is 3.54. The highest BCUT2D eigenvalue weighted by atomic mass is 32.2.